The van der Waals surface area contributed by atoms with Crippen molar-refractivity contribution in [3.63, 3.8) is 0 Å². The normalized spacial score (nSPS) is 10.8. The van der Waals surface area contributed by atoms with Crippen LogP contribution in [0.3, 0.4) is 0 Å². The molecule has 6 heteroatoms. The van der Waals surface area contributed by atoms with Gasteiger partial charge in [0, 0.05) is 6.20 Å². The summed E-state index contributed by atoms with van der Waals surface area (Å²) >= 11 is 5.94. The van der Waals surface area contributed by atoms with Gasteiger partial charge in [0.15, 0.2) is 0 Å². The fraction of sp³-hybridized carbons (Fsp3) is 0.0667. The number of rotatable bonds is 5. The van der Waals surface area contributed by atoms with Crippen molar-refractivity contribution in [2.24, 2.45) is 0 Å². The quantitative estimate of drug-likeness (QED) is 0.657. The first-order valence-electron chi connectivity index (χ1n) is 6.12. The van der Waals surface area contributed by atoms with Crippen molar-refractivity contribution in [2.45, 2.75) is 6.54 Å². The van der Waals surface area contributed by atoms with Crippen molar-refractivity contribution in [1.29, 1.82) is 5.26 Å². The van der Waals surface area contributed by atoms with Crippen molar-refractivity contribution in [2.75, 3.05) is 5.32 Å². The minimum Gasteiger partial charge on any atom is -0.467 e. The molecular weight excluding hydrogens is 290 g/mol. The van der Waals surface area contributed by atoms with E-state index in [-0.39, 0.29) is 5.57 Å². The highest BCUT2D eigenvalue weighted by Crippen LogP contribution is 2.20. The first-order valence-corrected chi connectivity index (χ1v) is 6.50. The number of carbonyl (C=O) groups is 1. The van der Waals surface area contributed by atoms with Gasteiger partial charge in [-0.1, -0.05) is 23.7 Å². The maximum atomic E-state index is 12.0. The summed E-state index contributed by atoms with van der Waals surface area (Å²) in [5.41, 5.74) is 0.401. The Balaban J connectivity index is 1.98. The average Bonchev–Trinajstić information content (AvgIpc) is 2.99. The lowest BCUT2D eigenvalue weighted by molar-refractivity contribution is -0.112. The Morgan fingerprint density at radius 2 is 2.14 bits per heavy atom. The van der Waals surface area contributed by atoms with Gasteiger partial charge in [0.1, 0.15) is 17.4 Å². The van der Waals surface area contributed by atoms with E-state index in [1.807, 2.05) is 6.07 Å². The minimum absolute atomic E-state index is 0.0542. The highest BCUT2D eigenvalue weighted by molar-refractivity contribution is 6.33. The van der Waals surface area contributed by atoms with Crippen LogP contribution < -0.4 is 10.6 Å². The summed E-state index contributed by atoms with van der Waals surface area (Å²) in [4.78, 5) is 12.0. The monoisotopic (exact) mass is 301 g/mol. The molecule has 21 heavy (non-hydrogen) atoms. The van der Waals surface area contributed by atoms with Gasteiger partial charge in [-0.2, -0.15) is 5.26 Å². The number of nitriles is 1. The molecule has 0 aliphatic heterocycles. The molecule has 1 heterocycles. The number of nitrogens with zero attached hydrogens (tertiary/aromatic N) is 1. The number of anilines is 1. The summed E-state index contributed by atoms with van der Waals surface area (Å²) in [6.45, 7) is 0.386. The zero-order valence-electron chi connectivity index (χ0n) is 11.0. The fourth-order valence-electron chi connectivity index (χ4n) is 1.57. The fourth-order valence-corrected chi connectivity index (χ4v) is 1.75. The van der Waals surface area contributed by atoms with Crippen molar-refractivity contribution in [3.8, 4) is 6.07 Å². The molecule has 0 bridgehead atoms. The molecule has 0 unspecified atom stereocenters. The van der Waals surface area contributed by atoms with Crippen LogP contribution in [-0.2, 0) is 11.3 Å². The van der Waals surface area contributed by atoms with Gasteiger partial charge in [-0.05, 0) is 24.3 Å². The van der Waals surface area contributed by atoms with Crippen LogP contribution >= 0.6 is 11.6 Å². The Labute approximate surface area is 126 Å². The van der Waals surface area contributed by atoms with Gasteiger partial charge in [0.2, 0.25) is 0 Å². The molecule has 0 aliphatic carbocycles. The topological polar surface area (TPSA) is 78.1 Å². The molecule has 1 amide bonds. The maximum Gasteiger partial charge on any atom is 0.267 e. The predicted molar refractivity (Wildman–Crippen MR) is 79.3 cm³/mol. The number of hydrogen-bond acceptors (Lipinski definition) is 4. The van der Waals surface area contributed by atoms with Crippen LogP contribution in [0.25, 0.3) is 0 Å². The molecule has 0 radical (unpaired) electrons. The summed E-state index contributed by atoms with van der Waals surface area (Å²) in [5.74, 6) is 0.174. The van der Waals surface area contributed by atoms with Crippen LogP contribution in [0.4, 0.5) is 5.69 Å². The van der Waals surface area contributed by atoms with E-state index in [1.54, 1.807) is 42.7 Å². The van der Waals surface area contributed by atoms with Crippen LogP contribution in [0.1, 0.15) is 5.76 Å². The lowest BCUT2D eigenvalue weighted by Gasteiger charge is -2.06. The van der Waals surface area contributed by atoms with Gasteiger partial charge < -0.3 is 15.1 Å². The Morgan fingerprint density at radius 1 is 1.33 bits per heavy atom. The summed E-state index contributed by atoms with van der Waals surface area (Å²) in [5, 5.41) is 14.9. The summed E-state index contributed by atoms with van der Waals surface area (Å²) < 4.78 is 5.13. The van der Waals surface area contributed by atoms with E-state index in [2.05, 4.69) is 10.6 Å². The van der Waals surface area contributed by atoms with Gasteiger partial charge in [-0.15, -0.1) is 0 Å². The molecular formula is C15H12ClN3O2. The zero-order valence-corrected chi connectivity index (χ0v) is 11.7. The van der Waals surface area contributed by atoms with Crippen molar-refractivity contribution in [3.05, 3.63) is 65.2 Å². The van der Waals surface area contributed by atoms with E-state index < -0.39 is 5.91 Å². The van der Waals surface area contributed by atoms with E-state index in [9.17, 15) is 4.79 Å². The third-order valence-corrected chi connectivity index (χ3v) is 2.92. The summed E-state index contributed by atoms with van der Waals surface area (Å²) in [6.07, 6.45) is 2.89. The SMILES string of the molecule is N#C/C(=C/NCc1ccco1)C(=O)Nc1ccccc1Cl. The number of para-hydroxylation sites is 1. The lowest BCUT2D eigenvalue weighted by atomic mass is 10.2. The maximum absolute atomic E-state index is 12.0. The molecule has 0 saturated heterocycles. The van der Waals surface area contributed by atoms with E-state index in [0.717, 1.165) is 0 Å². The Morgan fingerprint density at radius 3 is 2.81 bits per heavy atom. The lowest BCUT2D eigenvalue weighted by Crippen LogP contribution is -2.16. The van der Waals surface area contributed by atoms with Gasteiger partial charge in [-0.3, -0.25) is 4.79 Å². The van der Waals surface area contributed by atoms with Crippen LogP contribution in [0, 0.1) is 11.3 Å². The molecule has 0 aliphatic rings. The molecule has 2 aromatic rings. The van der Waals surface area contributed by atoms with Gasteiger partial charge in [-0.25, -0.2) is 0 Å². The van der Waals surface area contributed by atoms with E-state index in [4.69, 9.17) is 21.3 Å². The number of amides is 1. The van der Waals surface area contributed by atoms with Crippen LogP contribution in [0.15, 0.2) is 58.9 Å². The van der Waals surface area contributed by atoms with Crippen molar-refractivity contribution in [1.82, 2.24) is 5.32 Å². The van der Waals surface area contributed by atoms with E-state index in [0.29, 0.717) is 23.0 Å². The number of carbonyl (C=O) groups excluding carboxylic acids is 1. The second-order valence-corrected chi connectivity index (χ2v) is 4.47. The van der Waals surface area contributed by atoms with Crippen molar-refractivity contribution < 1.29 is 9.21 Å². The van der Waals surface area contributed by atoms with Crippen molar-refractivity contribution >= 4 is 23.2 Å². The van der Waals surface area contributed by atoms with E-state index in [1.165, 1.54) is 6.20 Å². The van der Waals surface area contributed by atoms with Gasteiger partial charge >= 0.3 is 0 Å². The first kappa shape index (κ1) is 14.7. The molecule has 1 aromatic heterocycles. The number of furan rings is 1. The molecule has 0 fully saturated rings. The molecule has 1 aromatic carbocycles. The third kappa shape index (κ3) is 4.13. The Bertz CT molecular complexity index is 687. The molecule has 0 saturated carbocycles. The zero-order chi connectivity index (χ0) is 15.1. The van der Waals surface area contributed by atoms with Gasteiger partial charge in [0.05, 0.1) is 23.5 Å². The summed E-state index contributed by atoms with van der Waals surface area (Å²) in [6, 6.07) is 12.2. The van der Waals surface area contributed by atoms with Gasteiger partial charge in [0.25, 0.3) is 5.91 Å². The number of nitrogens with one attached hydrogen (secondary N) is 2. The number of benzene rings is 1. The Kier molecular flexibility index (Phi) is 5.02. The second-order valence-electron chi connectivity index (χ2n) is 4.06. The molecule has 0 spiro atoms. The molecule has 106 valence electrons. The van der Waals surface area contributed by atoms with E-state index >= 15 is 0 Å². The standard InChI is InChI=1S/C15H12ClN3O2/c16-13-5-1-2-6-14(13)19-15(20)11(8-17)9-18-10-12-4-3-7-21-12/h1-7,9,18H,10H2,(H,19,20)/b11-9-. The highest BCUT2D eigenvalue weighted by atomic mass is 35.5. The van der Waals surface area contributed by atoms with Crippen LogP contribution in [0.5, 0.6) is 0 Å². The average molecular weight is 302 g/mol. The van der Waals surface area contributed by atoms with Crippen LogP contribution in [-0.4, -0.2) is 5.91 Å². The minimum atomic E-state index is -0.530. The number of halogens is 1. The Hall–Kier alpha value is -2.71. The van der Waals surface area contributed by atoms with Crippen LogP contribution in [0.2, 0.25) is 5.02 Å². The number of hydrogen-bond donors (Lipinski definition) is 2. The third-order valence-electron chi connectivity index (χ3n) is 2.59. The largest absolute Gasteiger partial charge is 0.467 e. The molecule has 0 atom stereocenters. The molecule has 2 rings (SSSR count). The smallest absolute Gasteiger partial charge is 0.267 e. The molecule has 5 nitrogen and oxygen atoms in total. The molecule has 2 N–H and O–H groups in total. The highest BCUT2D eigenvalue weighted by Gasteiger charge is 2.10. The summed E-state index contributed by atoms with van der Waals surface area (Å²) in [7, 11) is 0. The predicted octanol–water partition coefficient (Wildman–Crippen LogP) is 3.07. The second kappa shape index (κ2) is 7.17. The first-order chi connectivity index (χ1) is 10.2.